The molecule has 0 bridgehead atoms. The Labute approximate surface area is 312 Å². The Kier molecular flexibility index (Phi) is 8.52. The fourth-order valence-corrected chi connectivity index (χ4v) is 8.60. The van der Waals surface area contributed by atoms with Crippen LogP contribution in [0.25, 0.3) is 71.7 Å². The SMILES string of the molecule is CC/C=C(\c1ccccc1)c1ccc(-n2c3ccc(C)c(-c4ccccc4CCCC)c3c3c4c5ccccc5n(-c5ccccc5)c4ccc32)cc1. The number of nitrogens with zero attached hydrogens (tertiary/aromatic N) is 2. The van der Waals surface area contributed by atoms with Gasteiger partial charge in [-0.3, -0.25) is 0 Å². The number of hydrogen-bond acceptors (Lipinski definition) is 0. The molecule has 0 aliphatic carbocycles. The molecule has 0 N–H and O–H groups in total. The number of benzene rings is 7. The van der Waals surface area contributed by atoms with Gasteiger partial charge in [0, 0.05) is 32.9 Å². The van der Waals surface area contributed by atoms with Crippen LogP contribution in [0.4, 0.5) is 0 Å². The van der Waals surface area contributed by atoms with E-state index in [9.17, 15) is 0 Å². The number of aromatic nitrogens is 2. The predicted octanol–water partition coefficient (Wildman–Crippen LogP) is 14.0. The molecular weight excluding hydrogens is 641 g/mol. The molecule has 0 radical (unpaired) electrons. The van der Waals surface area contributed by atoms with Gasteiger partial charge < -0.3 is 9.13 Å². The van der Waals surface area contributed by atoms with Crippen LogP contribution in [0.5, 0.6) is 0 Å². The van der Waals surface area contributed by atoms with Crippen LogP contribution in [0.3, 0.4) is 0 Å². The van der Waals surface area contributed by atoms with E-state index in [0.717, 1.165) is 18.5 Å². The molecule has 9 aromatic rings. The molecular formula is C51H44N2. The van der Waals surface area contributed by atoms with Crippen molar-refractivity contribution in [1.82, 2.24) is 9.13 Å². The largest absolute Gasteiger partial charge is 0.309 e. The van der Waals surface area contributed by atoms with E-state index in [4.69, 9.17) is 0 Å². The maximum Gasteiger partial charge on any atom is 0.0549 e. The highest BCUT2D eigenvalue weighted by Gasteiger charge is 2.24. The lowest BCUT2D eigenvalue weighted by molar-refractivity contribution is 0.796. The maximum absolute atomic E-state index is 2.51. The molecule has 2 aromatic heterocycles. The van der Waals surface area contributed by atoms with Crippen molar-refractivity contribution in [3.63, 3.8) is 0 Å². The lowest BCUT2D eigenvalue weighted by atomic mass is 9.89. The number of unbranched alkanes of at least 4 members (excludes halogenated alkanes) is 1. The number of para-hydroxylation sites is 2. The van der Waals surface area contributed by atoms with Crippen LogP contribution in [-0.4, -0.2) is 9.13 Å². The third-order valence-electron chi connectivity index (χ3n) is 11.0. The summed E-state index contributed by atoms with van der Waals surface area (Å²) in [5, 5.41) is 5.21. The Morgan fingerprint density at radius 1 is 0.509 bits per heavy atom. The molecule has 53 heavy (non-hydrogen) atoms. The van der Waals surface area contributed by atoms with E-state index < -0.39 is 0 Å². The summed E-state index contributed by atoms with van der Waals surface area (Å²) in [6.07, 6.45) is 6.74. The molecule has 0 saturated carbocycles. The van der Waals surface area contributed by atoms with E-state index in [0.29, 0.717) is 0 Å². The molecule has 9 rings (SSSR count). The van der Waals surface area contributed by atoms with Crippen molar-refractivity contribution < 1.29 is 0 Å². The first-order valence-corrected chi connectivity index (χ1v) is 19.2. The average molecular weight is 685 g/mol. The van der Waals surface area contributed by atoms with E-state index >= 15 is 0 Å². The smallest absolute Gasteiger partial charge is 0.0549 e. The number of fused-ring (bicyclic) bond motifs is 7. The van der Waals surface area contributed by atoms with Crippen LogP contribution in [0.1, 0.15) is 55.4 Å². The first kappa shape index (κ1) is 32.8. The molecule has 258 valence electrons. The number of aryl methyl sites for hydroxylation is 2. The van der Waals surface area contributed by atoms with Gasteiger partial charge in [-0.2, -0.15) is 0 Å². The van der Waals surface area contributed by atoms with E-state index in [-0.39, 0.29) is 0 Å². The Balaban J connectivity index is 1.39. The van der Waals surface area contributed by atoms with Gasteiger partial charge in [0.2, 0.25) is 0 Å². The highest BCUT2D eigenvalue weighted by Crippen LogP contribution is 2.47. The molecule has 2 nitrogen and oxygen atoms in total. The van der Waals surface area contributed by atoms with Crippen LogP contribution in [0.15, 0.2) is 164 Å². The maximum atomic E-state index is 2.51. The second-order valence-electron chi connectivity index (χ2n) is 14.2. The van der Waals surface area contributed by atoms with Crippen LogP contribution in [0.2, 0.25) is 0 Å². The summed E-state index contributed by atoms with van der Waals surface area (Å²) in [4.78, 5) is 0. The fraction of sp³-hybridized carbons (Fsp3) is 0.137. The molecule has 0 amide bonds. The Bertz CT molecular complexity index is 2780. The average Bonchev–Trinajstić information content (AvgIpc) is 3.73. The first-order valence-electron chi connectivity index (χ1n) is 19.2. The molecule has 0 spiro atoms. The number of hydrogen-bond donors (Lipinski definition) is 0. The van der Waals surface area contributed by atoms with Gasteiger partial charge in [0.05, 0.1) is 22.1 Å². The number of rotatable bonds is 9. The second-order valence-corrected chi connectivity index (χ2v) is 14.2. The van der Waals surface area contributed by atoms with E-state index in [1.165, 1.54) is 101 Å². The molecule has 7 aromatic carbocycles. The summed E-state index contributed by atoms with van der Waals surface area (Å²) in [6.45, 7) is 6.79. The zero-order chi connectivity index (χ0) is 35.9. The summed E-state index contributed by atoms with van der Waals surface area (Å²) >= 11 is 0. The quantitative estimate of drug-likeness (QED) is 0.143. The van der Waals surface area contributed by atoms with Crippen molar-refractivity contribution in [2.75, 3.05) is 0 Å². The Morgan fingerprint density at radius 2 is 1.09 bits per heavy atom. The van der Waals surface area contributed by atoms with Gasteiger partial charge in [-0.15, -0.1) is 0 Å². The molecule has 0 unspecified atom stereocenters. The highest BCUT2D eigenvalue weighted by atomic mass is 15.0. The van der Waals surface area contributed by atoms with Gasteiger partial charge >= 0.3 is 0 Å². The number of allylic oxidation sites excluding steroid dienone is 1. The van der Waals surface area contributed by atoms with Crippen molar-refractivity contribution in [1.29, 1.82) is 0 Å². The summed E-state index contributed by atoms with van der Waals surface area (Å²) < 4.78 is 4.95. The third kappa shape index (κ3) is 5.49. The van der Waals surface area contributed by atoms with Crippen molar-refractivity contribution in [3.8, 4) is 22.5 Å². The molecule has 0 fully saturated rings. The van der Waals surface area contributed by atoms with Crippen molar-refractivity contribution in [2.24, 2.45) is 0 Å². The Hall–Kier alpha value is -6.12. The van der Waals surface area contributed by atoms with Gasteiger partial charge in [0.15, 0.2) is 0 Å². The molecule has 2 heterocycles. The van der Waals surface area contributed by atoms with Crippen molar-refractivity contribution in [2.45, 2.75) is 46.5 Å². The zero-order valence-electron chi connectivity index (χ0n) is 30.8. The minimum atomic E-state index is 0.979. The molecule has 0 aliphatic rings. The summed E-state index contributed by atoms with van der Waals surface area (Å²) in [6, 6.07) is 58.2. The monoisotopic (exact) mass is 684 g/mol. The lowest BCUT2D eigenvalue weighted by Crippen LogP contribution is -1.96. The van der Waals surface area contributed by atoms with Crippen molar-refractivity contribution >= 4 is 49.2 Å². The zero-order valence-corrected chi connectivity index (χ0v) is 30.8. The highest BCUT2D eigenvalue weighted by molar-refractivity contribution is 6.31. The van der Waals surface area contributed by atoms with Crippen LogP contribution >= 0.6 is 0 Å². The predicted molar refractivity (Wildman–Crippen MR) is 228 cm³/mol. The van der Waals surface area contributed by atoms with Crippen LogP contribution in [0, 0.1) is 6.92 Å². The van der Waals surface area contributed by atoms with E-state index in [1.807, 2.05) is 0 Å². The van der Waals surface area contributed by atoms with Gasteiger partial charge in [0.1, 0.15) is 0 Å². The Morgan fingerprint density at radius 3 is 1.85 bits per heavy atom. The van der Waals surface area contributed by atoms with Gasteiger partial charge in [-0.25, -0.2) is 0 Å². The van der Waals surface area contributed by atoms with E-state index in [2.05, 4.69) is 194 Å². The van der Waals surface area contributed by atoms with Gasteiger partial charge in [-0.05, 0) is 114 Å². The minimum Gasteiger partial charge on any atom is -0.309 e. The molecule has 0 atom stereocenters. The topological polar surface area (TPSA) is 9.86 Å². The molecule has 2 heteroatoms. The lowest BCUT2D eigenvalue weighted by Gasteiger charge is -2.15. The summed E-state index contributed by atoms with van der Waals surface area (Å²) in [5.41, 5.74) is 16.4. The van der Waals surface area contributed by atoms with Gasteiger partial charge in [0.25, 0.3) is 0 Å². The fourth-order valence-electron chi connectivity index (χ4n) is 8.60. The summed E-state index contributed by atoms with van der Waals surface area (Å²) in [5.74, 6) is 0. The van der Waals surface area contributed by atoms with Crippen LogP contribution < -0.4 is 0 Å². The van der Waals surface area contributed by atoms with Gasteiger partial charge in [-0.1, -0.05) is 136 Å². The van der Waals surface area contributed by atoms with Crippen LogP contribution in [-0.2, 0) is 6.42 Å². The normalized spacial score (nSPS) is 12.1. The molecule has 0 aliphatic heterocycles. The molecule has 0 saturated heterocycles. The first-order chi connectivity index (χ1) is 26.2. The minimum absolute atomic E-state index is 0.979. The van der Waals surface area contributed by atoms with Crippen molar-refractivity contribution in [3.05, 3.63) is 186 Å². The second kappa shape index (κ2) is 13.8. The van der Waals surface area contributed by atoms with E-state index in [1.54, 1.807) is 0 Å². The summed E-state index contributed by atoms with van der Waals surface area (Å²) in [7, 11) is 0. The standard InChI is InChI=1S/C51H44N2/c1-4-6-18-37-21-13-14-24-42(37)48-35(3)27-32-46-50(48)51-47(53(46)40-30-28-38(29-31-40)41(17-5-2)36-19-9-7-10-20-36)34-33-45-49(51)43-25-15-16-26-44(43)52(45)39-22-11-8-12-23-39/h7-17,19-34H,4-6,18H2,1-3H3/b41-17+. The third-order valence-corrected chi connectivity index (χ3v) is 11.0.